The van der Waals surface area contributed by atoms with E-state index in [4.69, 9.17) is 13.7 Å². The molecule has 0 bridgehead atoms. The van der Waals surface area contributed by atoms with Crippen molar-refractivity contribution in [3.63, 3.8) is 0 Å². The monoisotopic (exact) mass is 410 g/mol. The van der Waals surface area contributed by atoms with Crippen LogP contribution in [0, 0.1) is 5.92 Å². The van der Waals surface area contributed by atoms with Crippen molar-refractivity contribution >= 4 is 5.91 Å². The fourth-order valence-corrected chi connectivity index (χ4v) is 3.30. The van der Waals surface area contributed by atoms with Gasteiger partial charge in [-0.15, -0.1) is 10.2 Å². The molecule has 0 saturated heterocycles. The number of ether oxygens (including phenoxy) is 1. The van der Waals surface area contributed by atoms with Gasteiger partial charge in [0.05, 0.1) is 0 Å². The van der Waals surface area contributed by atoms with E-state index in [1.54, 1.807) is 6.07 Å². The molecular formula is C22H26N4O4. The Morgan fingerprint density at radius 3 is 2.70 bits per heavy atom. The van der Waals surface area contributed by atoms with Gasteiger partial charge < -0.3 is 19.0 Å². The van der Waals surface area contributed by atoms with Gasteiger partial charge in [-0.3, -0.25) is 4.79 Å². The summed E-state index contributed by atoms with van der Waals surface area (Å²) in [6.45, 7) is 6.74. The predicted octanol–water partition coefficient (Wildman–Crippen LogP) is 4.13. The third-order valence-corrected chi connectivity index (χ3v) is 5.11. The molecule has 4 rings (SSSR count). The molecule has 0 unspecified atom stereocenters. The average Bonchev–Trinajstić information content (AvgIpc) is 3.39. The minimum Gasteiger partial charge on any atom is -0.422 e. The summed E-state index contributed by atoms with van der Waals surface area (Å²) >= 11 is 0. The average molecular weight is 410 g/mol. The Kier molecular flexibility index (Phi) is 5.94. The second-order valence-electron chi connectivity index (χ2n) is 8.13. The highest BCUT2D eigenvalue weighted by molar-refractivity contribution is 5.93. The summed E-state index contributed by atoms with van der Waals surface area (Å²) in [5.74, 6) is 2.01. The Hall–Kier alpha value is -3.00. The van der Waals surface area contributed by atoms with Gasteiger partial charge in [0, 0.05) is 30.2 Å². The lowest BCUT2D eigenvalue weighted by Crippen LogP contribution is -2.43. The first-order valence-electron chi connectivity index (χ1n) is 10.3. The summed E-state index contributed by atoms with van der Waals surface area (Å²) < 4.78 is 16.8. The summed E-state index contributed by atoms with van der Waals surface area (Å²) in [7, 11) is 0. The molecule has 1 N–H and O–H groups in total. The predicted molar refractivity (Wildman–Crippen MR) is 109 cm³/mol. The molecule has 158 valence electrons. The zero-order chi connectivity index (χ0) is 21.1. The van der Waals surface area contributed by atoms with Crippen molar-refractivity contribution in [3.05, 3.63) is 53.9 Å². The van der Waals surface area contributed by atoms with Gasteiger partial charge in [-0.05, 0) is 25.7 Å². The lowest BCUT2D eigenvalue weighted by atomic mass is 9.80. The quantitative estimate of drug-likeness (QED) is 0.595. The zero-order valence-corrected chi connectivity index (χ0v) is 17.4. The van der Waals surface area contributed by atoms with Crippen LogP contribution in [-0.4, -0.2) is 33.9 Å². The van der Waals surface area contributed by atoms with Crippen LogP contribution in [0.5, 0.6) is 0 Å². The number of carbonyl (C=O) groups is 1. The van der Waals surface area contributed by atoms with E-state index in [0.717, 1.165) is 18.4 Å². The van der Waals surface area contributed by atoms with Gasteiger partial charge in [0.25, 0.3) is 5.91 Å². The summed E-state index contributed by atoms with van der Waals surface area (Å²) in [5.41, 5.74) is 1.15. The summed E-state index contributed by atoms with van der Waals surface area (Å²) in [6, 6.07) is 11.3. The van der Waals surface area contributed by atoms with Gasteiger partial charge in [-0.2, -0.15) is 0 Å². The van der Waals surface area contributed by atoms with Crippen molar-refractivity contribution < 1.29 is 18.5 Å². The molecule has 1 aliphatic rings. The second kappa shape index (κ2) is 8.79. The van der Waals surface area contributed by atoms with E-state index in [1.165, 1.54) is 0 Å². The molecule has 30 heavy (non-hydrogen) atoms. The van der Waals surface area contributed by atoms with E-state index >= 15 is 0 Å². The van der Waals surface area contributed by atoms with Crippen LogP contribution >= 0.6 is 0 Å². The smallest absolute Gasteiger partial charge is 0.273 e. The van der Waals surface area contributed by atoms with E-state index in [-0.39, 0.29) is 29.7 Å². The van der Waals surface area contributed by atoms with Crippen molar-refractivity contribution in [2.75, 3.05) is 6.61 Å². The zero-order valence-electron chi connectivity index (χ0n) is 17.4. The largest absolute Gasteiger partial charge is 0.422 e. The topological polar surface area (TPSA) is 103 Å². The molecule has 1 aromatic carbocycles. The third-order valence-electron chi connectivity index (χ3n) is 5.11. The molecule has 3 aromatic rings. The molecule has 1 atom stereocenters. The van der Waals surface area contributed by atoms with E-state index in [1.807, 2.05) is 37.3 Å². The molecule has 8 heteroatoms. The van der Waals surface area contributed by atoms with Gasteiger partial charge in [0.2, 0.25) is 11.8 Å². The van der Waals surface area contributed by atoms with E-state index in [9.17, 15) is 4.79 Å². The number of benzene rings is 1. The highest BCUT2D eigenvalue weighted by Gasteiger charge is 2.36. The van der Waals surface area contributed by atoms with E-state index in [2.05, 4.69) is 34.5 Å². The Morgan fingerprint density at radius 1 is 1.20 bits per heavy atom. The molecule has 0 radical (unpaired) electrons. The van der Waals surface area contributed by atoms with Crippen molar-refractivity contribution in [1.82, 2.24) is 20.7 Å². The van der Waals surface area contributed by atoms with Crippen LogP contribution in [0.3, 0.4) is 0 Å². The minimum absolute atomic E-state index is 0.0457. The normalized spacial score (nSPS) is 19.5. The number of aromatic nitrogens is 3. The van der Waals surface area contributed by atoms with Crippen LogP contribution in [0.1, 0.15) is 67.9 Å². The Bertz CT molecular complexity index is 976. The maximum absolute atomic E-state index is 12.5. The summed E-state index contributed by atoms with van der Waals surface area (Å²) in [4.78, 5) is 12.5. The maximum atomic E-state index is 12.5. The Balaban J connectivity index is 1.27. The number of nitrogens with one attached hydrogen (secondary N) is 1. The van der Waals surface area contributed by atoms with Crippen molar-refractivity contribution in [2.24, 2.45) is 5.92 Å². The number of hydrogen-bond acceptors (Lipinski definition) is 7. The van der Waals surface area contributed by atoms with Gasteiger partial charge in [-0.25, -0.2) is 0 Å². The van der Waals surface area contributed by atoms with Crippen LogP contribution in [-0.2, 0) is 4.74 Å². The van der Waals surface area contributed by atoms with Crippen LogP contribution in [0.4, 0.5) is 0 Å². The molecule has 1 aliphatic carbocycles. The minimum atomic E-state index is -0.244. The lowest BCUT2D eigenvalue weighted by molar-refractivity contribution is 0.0289. The Morgan fingerprint density at radius 2 is 1.97 bits per heavy atom. The van der Waals surface area contributed by atoms with Crippen LogP contribution in [0.2, 0.25) is 0 Å². The van der Waals surface area contributed by atoms with Gasteiger partial charge in [0.15, 0.2) is 11.5 Å². The van der Waals surface area contributed by atoms with Gasteiger partial charge in [-0.1, -0.05) is 49.3 Å². The SMILES string of the molecule is CC(C)CO[C@H](C)c1nnc([C@H]2C[C@H](NC(=O)c3cc(-c4ccccc4)on3)C2)o1. The van der Waals surface area contributed by atoms with E-state index < -0.39 is 0 Å². The fraction of sp³-hybridized carbons (Fsp3) is 0.455. The molecular weight excluding hydrogens is 384 g/mol. The summed E-state index contributed by atoms with van der Waals surface area (Å²) in [5, 5.41) is 15.1. The molecule has 0 aliphatic heterocycles. The first-order valence-corrected chi connectivity index (χ1v) is 10.3. The standard InChI is InChI=1S/C22H26N4O4/c1-13(2)12-28-14(3)21-24-25-22(29-21)16-9-17(10-16)23-20(27)18-11-19(30-26-18)15-7-5-4-6-8-15/h4-8,11,13-14,16-17H,9-10,12H2,1-3H3,(H,23,27)/t14-,16-,17-/m1/s1. The number of rotatable bonds is 8. The first kappa shape index (κ1) is 20.3. The second-order valence-corrected chi connectivity index (χ2v) is 8.13. The fourth-order valence-electron chi connectivity index (χ4n) is 3.30. The number of nitrogens with zero attached hydrogens (tertiary/aromatic N) is 3. The number of carbonyl (C=O) groups excluding carboxylic acids is 1. The molecule has 2 aromatic heterocycles. The molecule has 0 spiro atoms. The molecule has 1 amide bonds. The highest BCUT2D eigenvalue weighted by Crippen LogP contribution is 2.37. The lowest BCUT2D eigenvalue weighted by Gasteiger charge is -2.33. The maximum Gasteiger partial charge on any atom is 0.273 e. The Labute approximate surface area is 175 Å². The van der Waals surface area contributed by atoms with Gasteiger partial charge in [0.1, 0.15) is 6.10 Å². The van der Waals surface area contributed by atoms with Gasteiger partial charge >= 0.3 is 0 Å². The third kappa shape index (κ3) is 4.59. The molecule has 8 nitrogen and oxygen atoms in total. The van der Waals surface area contributed by atoms with Crippen molar-refractivity contribution in [3.8, 4) is 11.3 Å². The number of hydrogen-bond donors (Lipinski definition) is 1. The van der Waals surface area contributed by atoms with Crippen molar-refractivity contribution in [2.45, 2.75) is 51.7 Å². The number of amides is 1. The van der Waals surface area contributed by atoms with Crippen LogP contribution in [0.15, 0.2) is 45.3 Å². The summed E-state index contributed by atoms with van der Waals surface area (Å²) in [6.07, 6.45) is 1.27. The van der Waals surface area contributed by atoms with Crippen LogP contribution in [0.25, 0.3) is 11.3 Å². The molecule has 1 fully saturated rings. The van der Waals surface area contributed by atoms with Crippen molar-refractivity contribution in [1.29, 1.82) is 0 Å². The van der Waals surface area contributed by atoms with Crippen LogP contribution < -0.4 is 5.32 Å². The van der Waals surface area contributed by atoms with E-state index in [0.29, 0.717) is 30.1 Å². The highest BCUT2D eigenvalue weighted by atomic mass is 16.5. The molecule has 1 saturated carbocycles. The molecule has 2 heterocycles. The first-order chi connectivity index (χ1) is 14.5.